The Morgan fingerprint density at radius 3 is 2.83 bits per heavy atom. The number of nitrogens with one attached hydrogen (secondary N) is 1. The van der Waals surface area contributed by atoms with Gasteiger partial charge in [-0.1, -0.05) is 13.8 Å². The highest BCUT2D eigenvalue weighted by atomic mass is 32.2. The Bertz CT molecular complexity index is 174. The van der Waals surface area contributed by atoms with Crippen molar-refractivity contribution < 1.29 is 4.79 Å². The van der Waals surface area contributed by atoms with Gasteiger partial charge in [-0.05, 0) is 5.92 Å². The zero-order chi connectivity index (χ0) is 9.40. The number of rotatable bonds is 5. The first-order chi connectivity index (χ1) is 5.66. The van der Waals surface area contributed by atoms with Gasteiger partial charge in [-0.2, -0.15) is 5.26 Å². The molecule has 68 valence electrons. The van der Waals surface area contributed by atoms with Crippen molar-refractivity contribution in [3.05, 3.63) is 0 Å². The minimum atomic E-state index is 0.0175. The second kappa shape index (κ2) is 6.99. The average Bonchev–Trinajstić information content (AvgIpc) is 2.01. The number of hydrogen-bond acceptors (Lipinski definition) is 3. The van der Waals surface area contributed by atoms with Crippen LogP contribution in [0.1, 0.15) is 13.8 Å². The zero-order valence-electron chi connectivity index (χ0n) is 7.46. The van der Waals surface area contributed by atoms with E-state index in [9.17, 15) is 4.79 Å². The Kier molecular flexibility index (Phi) is 6.58. The van der Waals surface area contributed by atoms with E-state index in [4.69, 9.17) is 5.26 Å². The first-order valence-corrected chi connectivity index (χ1v) is 5.03. The van der Waals surface area contributed by atoms with Gasteiger partial charge < -0.3 is 5.32 Å². The fourth-order valence-electron chi connectivity index (χ4n) is 0.558. The molecule has 0 aliphatic heterocycles. The highest BCUT2D eigenvalue weighted by Crippen LogP contribution is 1.97. The van der Waals surface area contributed by atoms with Crippen molar-refractivity contribution in [2.24, 2.45) is 5.92 Å². The Labute approximate surface area is 77.5 Å². The molecule has 0 bridgehead atoms. The smallest absolute Gasteiger partial charge is 0.230 e. The van der Waals surface area contributed by atoms with Crippen LogP contribution in [0.5, 0.6) is 0 Å². The number of nitrogens with zero attached hydrogens (tertiary/aromatic N) is 1. The molecule has 4 heteroatoms. The van der Waals surface area contributed by atoms with Crippen molar-refractivity contribution >= 4 is 17.7 Å². The van der Waals surface area contributed by atoms with Gasteiger partial charge in [0.1, 0.15) is 0 Å². The van der Waals surface area contributed by atoms with Crippen molar-refractivity contribution in [1.29, 1.82) is 5.26 Å². The standard InChI is InChI=1S/C8H14N2OS/c1-7(2)5-10-8(11)6-12-4-3-9/h7H,4-6H2,1-2H3,(H,10,11). The van der Waals surface area contributed by atoms with E-state index in [1.165, 1.54) is 11.8 Å². The lowest BCUT2D eigenvalue weighted by molar-refractivity contribution is -0.118. The monoisotopic (exact) mass is 186 g/mol. The molecule has 1 N–H and O–H groups in total. The molecule has 0 aliphatic carbocycles. The van der Waals surface area contributed by atoms with Crippen LogP contribution in [0.4, 0.5) is 0 Å². The Balaban J connectivity index is 3.29. The number of carbonyl (C=O) groups is 1. The Morgan fingerprint density at radius 2 is 2.33 bits per heavy atom. The molecule has 3 nitrogen and oxygen atoms in total. The molecule has 1 amide bonds. The summed E-state index contributed by atoms with van der Waals surface area (Å²) in [7, 11) is 0. The minimum Gasteiger partial charge on any atom is -0.355 e. The van der Waals surface area contributed by atoms with Gasteiger partial charge in [0.2, 0.25) is 5.91 Å². The van der Waals surface area contributed by atoms with Gasteiger partial charge in [-0.3, -0.25) is 4.79 Å². The number of hydrogen-bond donors (Lipinski definition) is 1. The topological polar surface area (TPSA) is 52.9 Å². The lowest BCUT2D eigenvalue weighted by Gasteiger charge is -2.05. The Hall–Kier alpha value is -0.690. The summed E-state index contributed by atoms with van der Waals surface area (Å²) in [6, 6.07) is 1.97. The van der Waals surface area contributed by atoms with Crippen LogP contribution in [0.2, 0.25) is 0 Å². The third kappa shape index (κ3) is 7.42. The maximum atomic E-state index is 11.0. The molecule has 0 aliphatic rings. The van der Waals surface area contributed by atoms with Crippen molar-refractivity contribution in [3.63, 3.8) is 0 Å². The maximum Gasteiger partial charge on any atom is 0.230 e. The van der Waals surface area contributed by atoms with Crippen LogP contribution in [0.15, 0.2) is 0 Å². The van der Waals surface area contributed by atoms with E-state index >= 15 is 0 Å². The summed E-state index contributed by atoms with van der Waals surface area (Å²) in [6.07, 6.45) is 0. The second-order valence-electron chi connectivity index (χ2n) is 2.85. The SMILES string of the molecule is CC(C)CNC(=O)CSCC#N. The van der Waals surface area contributed by atoms with Gasteiger partial charge >= 0.3 is 0 Å². The number of amides is 1. The number of carbonyl (C=O) groups excluding carboxylic acids is 1. The van der Waals surface area contributed by atoms with Crippen molar-refractivity contribution in [1.82, 2.24) is 5.32 Å². The lowest BCUT2D eigenvalue weighted by Crippen LogP contribution is -2.28. The van der Waals surface area contributed by atoms with E-state index in [0.29, 0.717) is 24.0 Å². The summed E-state index contributed by atoms with van der Waals surface area (Å²) in [6.45, 7) is 4.80. The van der Waals surface area contributed by atoms with Gasteiger partial charge in [-0.15, -0.1) is 11.8 Å². The van der Waals surface area contributed by atoms with E-state index in [-0.39, 0.29) is 5.91 Å². The first kappa shape index (κ1) is 11.3. The van der Waals surface area contributed by atoms with Gasteiger partial charge in [0, 0.05) is 6.54 Å². The molecule has 0 aromatic carbocycles. The highest BCUT2D eigenvalue weighted by Gasteiger charge is 2.01. The van der Waals surface area contributed by atoms with Gasteiger partial charge in [0.15, 0.2) is 0 Å². The molecule has 0 radical (unpaired) electrons. The fraction of sp³-hybridized carbons (Fsp3) is 0.750. The molecule has 0 heterocycles. The third-order valence-electron chi connectivity index (χ3n) is 1.11. The van der Waals surface area contributed by atoms with Gasteiger partial charge in [0.25, 0.3) is 0 Å². The molecular formula is C8H14N2OS. The molecule has 0 rings (SSSR count). The van der Waals surface area contributed by atoms with Gasteiger partial charge in [0.05, 0.1) is 17.6 Å². The predicted molar refractivity (Wildman–Crippen MR) is 50.8 cm³/mol. The Morgan fingerprint density at radius 1 is 1.67 bits per heavy atom. The van der Waals surface area contributed by atoms with Crippen molar-refractivity contribution in [3.8, 4) is 6.07 Å². The quantitative estimate of drug-likeness (QED) is 0.652. The van der Waals surface area contributed by atoms with E-state index in [0.717, 1.165) is 0 Å². The van der Waals surface area contributed by atoms with Crippen LogP contribution < -0.4 is 5.32 Å². The number of nitriles is 1. The molecule has 0 atom stereocenters. The van der Waals surface area contributed by atoms with Gasteiger partial charge in [-0.25, -0.2) is 0 Å². The lowest BCUT2D eigenvalue weighted by atomic mass is 10.2. The molecule has 0 aromatic heterocycles. The van der Waals surface area contributed by atoms with Crippen LogP contribution in [0.3, 0.4) is 0 Å². The van der Waals surface area contributed by atoms with E-state index in [1.807, 2.05) is 19.9 Å². The van der Waals surface area contributed by atoms with Crippen LogP contribution >= 0.6 is 11.8 Å². The number of thioether (sulfide) groups is 1. The summed E-state index contributed by atoms with van der Waals surface area (Å²) >= 11 is 1.34. The molecule has 0 unspecified atom stereocenters. The normalized spacial score (nSPS) is 9.50. The highest BCUT2D eigenvalue weighted by molar-refractivity contribution is 8.00. The maximum absolute atomic E-state index is 11.0. The summed E-state index contributed by atoms with van der Waals surface area (Å²) in [4.78, 5) is 11.0. The van der Waals surface area contributed by atoms with Crippen LogP contribution in [-0.2, 0) is 4.79 Å². The summed E-state index contributed by atoms with van der Waals surface area (Å²) in [5.74, 6) is 1.27. The summed E-state index contributed by atoms with van der Waals surface area (Å²) in [5.41, 5.74) is 0. The molecule has 0 fully saturated rings. The second-order valence-corrected chi connectivity index (χ2v) is 3.83. The van der Waals surface area contributed by atoms with E-state index in [1.54, 1.807) is 0 Å². The molecule has 12 heavy (non-hydrogen) atoms. The summed E-state index contributed by atoms with van der Waals surface area (Å²) < 4.78 is 0. The van der Waals surface area contributed by atoms with Crippen LogP contribution in [0.25, 0.3) is 0 Å². The third-order valence-corrected chi connectivity index (χ3v) is 1.91. The largest absolute Gasteiger partial charge is 0.355 e. The molecular weight excluding hydrogens is 172 g/mol. The van der Waals surface area contributed by atoms with E-state index in [2.05, 4.69) is 5.32 Å². The molecule has 0 saturated heterocycles. The average molecular weight is 186 g/mol. The molecule has 0 saturated carbocycles. The van der Waals surface area contributed by atoms with Crippen LogP contribution in [0, 0.1) is 17.2 Å². The van der Waals surface area contributed by atoms with E-state index < -0.39 is 0 Å². The van der Waals surface area contributed by atoms with Crippen molar-refractivity contribution in [2.75, 3.05) is 18.1 Å². The predicted octanol–water partition coefficient (Wildman–Crippen LogP) is 1.02. The molecule has 0 aromatic rings. The molecule has 0 spiro atoms. The van der Waals surface area contributed by atoms with Crippen molar-refractivity contribution in [2.45, 2.75) is 13.8 Å². The minimum absolute atomic E-state index is 0.0175. The fourth-order valence-corrected chi connectivity index (χ4v) is 1.04. The van der Waals surface area contributed by atoms with Crippen LogP contribution in [-0.4, -0.2) is 24.0 Å². The first-order valence-electron chi connectivity index (χ1n) is 3.88. The zero-order valence-corrected chi connectivity index (χ0v) is 8.28. The summed E-state index contributed by atoms with van der Waals surface area (Å²) in [5, 5.41) is 11.0.